The minimum atomic E-state index is -3.98. The van der Waals surface area contributed by atoms with E-state index in [0.29, 0.717) is 6.42 Å². The van der Waals surface area contributed by atoms with Crippen LogP contribution in [0.5, 0.6) is 0 Å². The summed E-state index contributed by atoms with van der Waals surface area (Å²) in [5, 5.41) is 13.0. The van der Waals surface area contributed by atoms with Crippen molar-refractivity contribution in [1.82, 2.24) is 10.6 Å². The number of hydrogen-bond donors (Lipinski definition) is 3. The lowest BCUT2D eigenvalue weighted by atomic mass is 9.76. The molecule has 9 heteroatoms. The van der Waals surface area contributed by atoms with Crippen molar-refractivity contribution in [2.75, 3.05) is 13.2 Å². The Morgan fingerprint density at radius 3 is 2.09 bits per heavy atom. The molecule has 2 aromatic rings. The summed E-state index contributed by atoms with van der Waals surface area (Å²) >= 11 is 0. The highest BCUT2D eigenvalue weighted by Gasteiger charge is 2.50. The third-order valence-electron chi connectivity index (χ3n) is 6.10. The first-order valence-electron chi connectivity index (χ1n) is 10.3. The number of halogens is 2. The number of carboxylic acid groups (broad SMARTS) is 1. The van der Waals surface area contributed by atoms with Gasteiger partial charge < -0.3 is 20.5 Å². The predicted octanol–water partition coefficient (Wildman–Crippen LogP) is 3.28. The molecule has 0 atom stereocenters. The number of benzene rings is 2. The lowest BCUT2D eigenvalue weighted by molar-refractivity contribution is -0.158. The number of aliphatic carboxylic acids is 1. The fourth-order valence-electron chi connectivity index (χ4n) is 4.14. The molecule has 0 saturated heterocycles. The number of carboxylic acids is 1. The van der Waals surface area contributed by atoms with Crippen molar-refractivity contribution in [2.24, 2.45) is 0 Å². The average Bonchev–Trinajstić information content (AvgIpc) is 3.06. The van der Waals surface area contributed by atoms with Gasteiger partial charge in [0.1, 0.15) is 12.1 Å². The minimum Gasteiger partial charge on any atom is -0.480 e. The van der Waals surface area contributed by atoms with Gasteiger partial charge in [0.2, 0.25) is 0 Å². The van der Waals surface area contributed by atoms with Gasteiger partial charge in [-0.3, -0.25) is 4.79 Å². The molecule has 0 heterocycles. The first kappa shape index (κ1) is 21.7. The molecule has 1 saturated carbocycles. The Hall–Kier alpha value is -3.49. The molecule has 2 aromatic carbocycles. The smallest absolute Gasteiger partial charge is 0.407 e. The Morgan fingerprint density at radius 2 is 1.59 bits per heavy atom. The van der Waals surface area contributed by atoms with Gasteiger partial charge in [0, 0.05) is 5.92 Å². The summed E-state index contributed by atoms with van der Waals surface area (Å²) in [5.41, 5.74) is 2.35. The molecule has 0 unspecified atom stereocenters. The number of nitrogens with one attached hydrogen (secondary N) is 2. The molecular weight excluding hydrogens is 422 g/mol. The van der Waals surface area contributed by atoms with E-state index in [9.17, 15) is 28.3 Å². The van der Waals surface area contributed by atoms with Crippen LogP contribution in [0.15, 0.2) is 48.5 Å². The second-order valence-corrected chi connectivity index (χ2v) is 8.08. The molecule has 0 aliphatic heterocycles. The van der Waals surface area contributed by atoms with E-state index in [1.54, 1.807) is 0 Å². The summed E-state index contributed by atoms with van der Waals surface area (Å²) in [5.74, 6) is -7.30. The number of carbonyl (C=O) groups is 3. The second kappa shape index (κ2) is 8.22. The fourth-order valence-corrected chi connectivity index (χ4v) is 4.14. The molecule has 4 rings (SSSR count). The molecule has 2 aliphatic carbocycles. The molecule has 7 nitrogen and oxygen atoms in total. The summed E-state index contributed by atoms with van der Waals surface area (Å²) in [4.78, 5) is 35.2. The van der Waals surface area contributed by atoms with Crippen LogP contribution >= 0.6 is 0 Å². The maximum atomic E-state index is 14.2. The van der Waals surface area contributed by atoms with Gasteiger partial charge in [-0.15, -0.1) is 0 Å². The van der Waals surface area contributed by atoms with Crippen molar-refractivity contribution in [3.63, 3.8) is 0 Å². The zero-order valence-corrected chi connectivity index (χ0v) is 17.1. The normalized spacial score (nSPS) is 16.3. The minimum absolute atomic E-state index is 0.0558. The Bertz CT molecular complexity index is 1020. The quantitative estimate of drug-likeness (QED) is 0.608. The molecule has 3 N–H and O–H groups in total. The number of carbonyl (C=O) groups excluding carboxylic acids is 2. The summed E-state index contributed by atoms with van der Waals surface area (Å²) in [6.07, 6.45) is -0.389. The highest BCUT2D eigenvalue weighted by Crippen LogP contribution is 2.44. The first-order chi connectivity index (χ1) is 15.2. The second-order valence-electron chi connectivity index (χ2n) is 8.08. The van der Waals surface area contributed by atoms with Crippen LogP contribution in [-0.4, -0.2) is 47.7 Å². The van der Waals surface area contributed by atoms with Crippen molar-refractivity contribution in [1.29, 1.82) is 0 Å². The van der Waals surface area contributed by atoms with Gasteiger partial charge in [-0.05, 0) is 41.5 Å². The van der Waals surface area contributed by atoms with Crippen LogP contribution in [0.1, 0.15) is 36.3 Å². The van der Waals surface area contributed by atoms with Crippen LogP contribution in [-0.2, 0) is 14.3 Å². The Balaban J connectivity index is 1.34. The van der Waals surface area contributed by atoms with Gasteiger partial charge in [-0.1, -0.05) is 48.5 Å². The van der Waals surface area contributed by atoms with E-state index in [-0.39, 0.29) is 25.4 Å². The van der Waals surface area contributed by atoms with Crippen molar-refractivity contribution in [2.45, 2.75) is 36.6 Å². The summed E-state index contributed by atoms with van der Waals surface area (Å²) < 4.78 is 33.6. The van der Waals surface area contributed by atoms with E-state index in [2.05, 4.69) is 0 Å². The van der Waals surface area contributed by atoms with E-state index < -0.39 is 36.0 Å². The molecule has 0 spiro atoms. The molecule has 0 radical (unpaired) electrons. The molecular formula is C23H22F2N2O5. The number of alkyl carbamates (subject to hydrolysis) is 1. The zero-order chi connectivity index (χ0) is 22.9. The number of fused-ring (bicyclic) bond motifs is 3. The summed E-state index contributed by atoms with van der Waals surface area (Å²) in [7, 11) is 0. The Morgan fingerprint density at radius 1 is 1.03 bits per heavy atom. The highest BCUT2D eigenvalue weighted by atomic mass is 19.3. The SMILES string of the molecule is O=C(NCC(F)(F)C(=O)NC1(C(=O)O)CCC1)OCC1c2ccccc2-c2ccccc21. The van der Waals surface area contributed by atoms with Gasteiger partial charge in [0.15, 0.2) is 0 Å². The summed E-state index contributed by atoms with van der Waals surface area (Å²) in [6.45, 7) is -1.36. The van der Waals surface area contributed by atoms with E-state index >= 15 is 0 Å². The maximum absolute atomic E-state index is 14.2. The van der Waals surface area contributed by atoms with Gasteiger partial charge in [-0.2, -0.15) is 8.78 Å². The van der Waals surface area contributed by atoms with Crippen LogP contribution in [0, 0.1) is 0 Å². The van der Waals surface area contributed by atoms with E-state index in [1.807, 2.05) is 59.2 Å². The molecule has 0 bridgehead atoms. The lowest BCUT2D eigenvalue weighted by Crippen LogP contribution is -2.63. The topological polar surface area (TPSA) is 105 Å². The standard InChI is InChI=1S/C23H22F2N2O5/c24-23(25,19(28)27-22(20(29)30)10-5-11-22)13-26-21(31)32-12-18-16-8-3-1-6-14(16)15-7-2-4-9-17(15)18/h1-4,6-9,18H,5,10-13H2,(H,26,31)(H,27,28)(H,29,30). The largest absolute Gasteiger partial charge is 0.480 e. The number of rotatable bonds is 7. The lowest BCUT2D eigenvalue weighted by Gasteiger charge is -2.39. The van der Waals surface area contributed by atoms with E-state index in [0.717, 1.165) is 22.3 Å². The van der Waals surface area contributed by atoms with Crippen molar-refractivity contribution >= 4 is 18.0 Å². The number of hydrogen-bond acceptors (Lipinski definition) is 4. The third kappa shape index (κ3) is 3.90. The van der Waals surface area contributed by atoms with Gasteiger partial charge in [-0.25, -0.2) is 9.59 Å². The zero-order valence-electron chi connectivity index (χ0n) is 17.1. The molecule has 1 fully saturated rings. The highest BCUT2D eigenvalue weighted by molar-refractivity contribution is 5.91. The van der Waals surface area contributed by atoms with Gasteiger partial charge in [0.25, 0.3) is 5.91 Å². The van der Waals surface area contributed by atoms with Crippen molar-refractivity contribution in [3.05, 3.63) is 59.7 Å². The Labute approximate surface area is 182 Å². The number of amides is 2. The maximum Gasteiger partial charge on any atom is 0.407 e. The predicted molar refractivity (Wildman–Crippen MR) is 110 cm³/mol. The van der Waals surface area contributed by atoms with Crippen LogP contribution in [0.4, 0.5) is 13.6 Å². The molecule has 168 valence electrons. The van der Waals surface area contributed by atoms with Crippen molar-refractivity contribution < 1.29 is 33.0 Å². The third-order valence-corrected chi connectivity index (χ3v) is 6.10. The summed E-state index contributed by atoms with van der Waals surface area (Å²) in [6, 6.07) is 15.4. The van der Waals surface area contributed by atoms with Gasteiger partial charge >= 0.3 is 18.0 Å². The first-order valence-corrected chi connectivity index (χ1v) is 10.3. The fraction of sp³-hybridized carbons (Fsp3) is 0.348. The molecule has 2 aliphatic rings. The molecule has 32 heavy (non-hydrogen) atoms. The van der Waals surface area contributed by atoms with E-state index in [4.69, 9.17) is 4.74 Å². The van der Waals surface area contributed by atoms with Gasteiger partial charge in [0.05, 0.1) is 6.54 Å². The van der Waals surface area contributed by atoms with Crippen LogP contribution in [0.3, 0.4) is 0 Å². The average molecular weight is 444 g/mol. The molecule has 0 aromatic heterocycles. The van der Waals surface area contributed by atoms with Crippen LogP contribution in [0.2, 0.25) is 0 Å². The van der Waals surface area contributed by atoms with Crippen LogP contribution < -0.4 is 10.6 Å². The Kier molecular flexibility index (Phi) is 5.58. The van der Waals surface area contributed by atoms with Crippen LogP contribution in [0.25, 0.3) is 11.1 Å². The number of ether oxygens (including phenoxy) is 1. The van der Waals surface area contributed by atoms with E-state index in [1.165, 1.54) is 0 Å². The number of alkyl halides is 2. The molecule has 2 amide bonds. The van der Waals surface area contributed by atoms with Crippen molar-refractivity contribution in [3.8, 4) is 11.1 Å². The monoisotopic (exact) mass is 444 g/mol.